The second-order valence-electron chi connectivity index (χ2n) is 8.49. The zero-order valence-corrected chi connectivity index (χ0v) is 18.3. The molecule has 31 heavy (non-hydrogen) atoms. The lowest BCUT2D eigenvalue weighted by Crippen LogP contribution is -2.35. The first kappa shape index (κ1) is 21.9. The van der Waals surface area contributed by atoms with Crippen molar-refractivity contribution in [2.24, 2.45) is 5.92 Å². The highest BCUT2D eigenvalue weighted by Gasteiger charge is 2.27. The van der Waals surface area contributed by atoms with E-state index in [-0.39, 0.29) is 17.3 Å². The minimum atomic E-state index is -4.14. The van der Waals surface area contributed by atoms with Crippen LogP contribution in [0.5, 0.6) is 0 Å². The first-order valence-electron chi connectivity index (χ1n) is 10.6. The lowest BCUT2D eigenvalue weighted by atomic mass is 9.79. The second kappa shape index (κ2) is 8.64. The average Bonchev–Trinajstić information content (AvgIpc) is 3.40. The Morgan fingerprint density at radius 3 is 2.45 bits per heavy atom. The SMILES string of the molecule is CC(CB(O)O)Cn1ccc(S(=O)(=O)NC(=O)Nc2c3c(cc4c2CCC4)CCC3)n1. The van der Waals surface area contributed by atoms with E-state index in [1.807, 2.05) is 0 Å². The molecule has 166 valence electrons. The molecular weight excluding hydrogens is 419 g/mol. The maximum atomic E-state index is 12.6. The summed E-state index contributed by atoms with van der Waals surface area (Å²) in [7, 11) is -5.57. The van der Waals surface area contributed by atoms with E-state index < -0.39 is 23.2 Å². The zero-order chi connectivity index (χ0) is 22.2. The van der Waals surface area contributed by atoms with E-state index in [0.717, 1.165) is 55.3 Å². The number of hydrogen-bond acceptors (Lipinski definition) is 6. The van der Waals surface area contributed by atoms with Crippen LogP contribution in [0.2, 0.25) is 6.32 Å². The Balaban J connectivity index is 1.46. The topological polar surface area (TPSA) is 134 Å². The molecule has 0 fully saturated rings. The van der Waals surface area contributed by atoms with Gasteiger partial charge in [0.1, 0.15) is 0 Å². The number of nitrogens with one attached hydrogen (secondary N) is 2. The maximum absolute atomic E-state index is 12.6. The van der Waals surface area contributed by atoms with Crippen molar-refractivity contribution in [3.63, 3.8) is 0 Å². The molecular formula is C20H27BN4O5S. The van der Waals surface area contributed by atoms with Gasteiger partial charge in [0.05, 0.1) is 0 Å². The van der Waals surface area contributed by atoms with Gasteiger partial charge in [0.25, 0.3) is 10.0 Å². The number of benzene rings is 1. The molecule has 2 amide bonds. The molecule has 1 heterocycles. The third-order valence-electron chi connectivity index (χ3n) is 5.94. The van der Waals surface area contributed by atoms with E-state index in [0.29, 0.717) is 6.54 Å². The summed E-state index contributed by atoms with van der Waals surface area (Å²) in [6.07, 6.45) is 7.46. The molecule has 9 nitrogen and oxygen atoms in total. The predicted octanol–water partition coefficient (Wildman–Crippen LogP) is 1.48. The molecule has 0 radical (unpaired) electrons. The Morgan fingerprint density at radius 2 is 1.84 bits per heavy atom. The summed E-state index contributed by atoms with van der Waals surface area (Å²) in [6, 6.07) is 2.77. The molecule has 0 saturated carbocycles. The van der Waals surface area contributed by atoms with Crippen LogP contribution in [0.25, 0.3) is 0 Å². The van der Waals surface area contributed by atoms with E-state index in [1.165, 1.54) is 28.1 Å². The Hall–Kier alpha value is -2.37. The number of carbonyl (C=O) groups excluding carboxylic acids is 1. The van der Waals surface area contributed by atoms with Gasteiger partial charge in [-0.2, -0.15) is 13.5 Å². The smallest absolute Gasteiger partial charge is 0.427 e. The molecule has 4 rings (SSSR count). The van der Waals surface area contributed by atoms with Crippen LogP contribution in [0.4, 0.5) is 10.5 Å². The highest BCUT2D eigenvalue weighted by Crippen LogP contribution is 2.38. The van der Waals surface area contributed by atoms with E-state index >= 15 is 0 Å². The molecule has 4 N–H and O–H groups in total. The summed E-state index contributed by atoms with van der Waals surface area (Å²) < 4.78 is 28.8. The van der Waals surface area contributed by atoms with Crippen LogP contribution < -0.4 is 10.0 Å². The summed E-state index contributed by atoms with van der Waals surface area (Å²) in [5.41, 5.74) is 5.52. The number of urea groups is 1. The Kier molecular flexibility index (Phi) is 6.09. The standard InChI is InChI=1S/C20H27BN4O5S/c1-13(11-21(27)28)12-25-9-8-18(23-25)31(29,30)24-20(26)22-19-16-6-2-4-14(16)10-15-5-3-7-17(15)19/h8-10,13,27-28H,2-7,11-12H2,1H3,(H2,22,24,26). The number of fused-ring (bicyclic) bond motifs is 2. The van der Waals surface area contributed by atoms with Crippen molar-refractivity contribution in [3.8, 4) is 0 Å². The number of sulfonamides is 1. The summed E-state index contributed by atoms with van der Waals surface area (Å²) in [6.45, 7) is 2.12. The third kappa shape index (κ3) is 4.78. The minimum Gasteiger partial charge on any atom is -0.427 e. The summed E-state index contributed by atoms with van der Waals surface area (Å²) in [4.78, 5) is 12.6. The normalized spacial score (nSPS) is 16.0. The van der Waals surface area contributed by atoms with Crippen LogP contribution in [0.1, 0.15) is 42.0 Å². The van der Waals surface area contributed by atoms with E-state index in [4.69, 9.17) is 10.0 Å². The van der Waals surface area contributed by atoms with Gasteiger partial charge < -0.3 is 15.4 Å². The van der Waals surface area contributed by atoms with Crippen molar-refractivity contribution in [3.05, 3.63) is 40.6 Å². The highest BCUT2D eigenvalue weighted by atomic mass is 32.2. The fourth-order valence-corrected chi connectivity index (χ4v) is 5.47. The van der Waals surface area contributed by atoms with Gasteiger partial charge in [-0.05, 0) is 79.1 Å². The van der Waals surface area contributed by atoms with Gasteiger partial charge in [-0.3, -0.25) is 4.68 Å². The van der Waals surface area contributed by atoms with E-state index in [1.54, 1.807) is 6.92 Å². The largest absolute Gasteiger partial charge is 0.451 e. The molecule has 0 spiro atoms. The predicted molar refractivity (Wildman–Crippen MR) is 116 cm³/mol. The fourth-order valence-electron chi connectivity index (χ4n) is 4.62. The van der Waals surface area contributed by atoms with Gasteiger partial charge in [0, 0.05) is 18.4 Å². The molecule has 2 aliphatic rings. The van der Waals surface area contributed by atoms with Gasteiger partial charge in [-0.1, -0.05) is 13.0 Å². The van der Waals surface area contributed by atoms with Crippen molar-refractivity contribution in [2.45, 2.75) is 63.3 Å². The molecule has 1 atom stereocenters. The van der Waals surface area contributed by atoms with Crippen LogP contribution in [-0.2, 0) is 42.3 Å². The van der Waals surface area contributed by atoms with Crippen molar-refractivity contribution in [1.82, 2.24) is 14.5 Å². The Bertz CT molecular complexity index is 1070. The number of rotatable bonds is 7. The van der Waals surface area contributed by atoms with Gasteiger partial charge in [0.15, 0.2) is 5.03 Å². The quantitative estimate of drug-likeness (QED) is 0.476. The maximum Gasteiger partial charge on any atom is 0.451 e. The summed E-state index contributed by atoms with van der Waals surface area (Å²) in [5, 5.41) is 24.7. The molecule has 0 bridgehead atoms. The monoisotopic (exact) mass is 446 g/mol. The Morgan fingerprint density at radius 1 is 1.19 bits per heavy atom. The molecule has 0 saturated heterocycles. The summed E-state index contributed by atoms with van der Waals surface area (Å²) in [5.74, 6) is -0.117. The number of nitrogens with zero attached hydrogens (tertiary/aromatic N) is 2. The van der Waals surface area contributed by atoms with Crippen molar-refractivity contribution >= 4 is 28.9 Å². The third-order valence-corrected chi connectivity index (χ3v) is 7.16. The second-order valence-corrected chi connectivity index (χ2v) is 10.1. The first-order chi connectivity index (χ1) is 14.7. The number of hydrogen-bond donors (Lipinski definition) is 4. The number of aryl methyl sites for hydroxylation is 2. The molecule has 11 heteroatoms. The lowest BCUT2D eigenvalue weighted by molar-refractivity contribution is 0.256. The lowest BCUT2D eigenvalue weighted by Gasteiger charge is -2.16. The molecule has 1 unspecified atom stereocenters. The van der Waals surface area contributed by atoms with Crippen LogP contribution in [0, 0.1) is 5.92 Å². The molecule has 1 aromatic heterocycles. The van der Waals surface area contributed by atoms with Crippen LogP contribution in [-0.4, -0.2) is 41.4 Å². The molecule has 1 aromatic carbocycles. The number of amides is 2. The van der Waals surface area contributed by atoms with Crippen molar-refractivity contribution in [2.75, 3.05) is 5.32 Å². The van der Waals surface area contributed by atoms with Crippen LogP contribution >= 0.6 is 0 Å². The van der Waals surface area contributed by atoms with Crippen LogP contribution in [0.15, 0.2) is 23.4 Å². The highest BCUT2D eigenvalue weighted by molar-refractivity contribution is 7.90. The van der Waals surface area contributed by atoms with Gasteiger partial charge >= 0.3 is 13.1 Å². The first-order valence-corrected chi connectivity index (χ1v) is 12.1. The number of anilines is 1. The zero-order valence-electron chi connectivity index (χ0n) is 17.5. The number of carbonyl (C=O) groups is 1. The van der Waals surface area contributed by atoms with E-state index in [9.17, 15) is 13.2 Å². The molecule has 2 aliphatic carbocycles. The Labute approximate surface area is 182 Å². The molecule has 2 aromatic rings. The van der Waals surface area contributed by atoms with Crippen molar-refractivity contribution < 1.29 is 23.3 Å². The van der Waals surface area contributed by atoms with Crippen molar-refractivity contribution in [1.29, 1.82) is 0 Å². The number of aromatic nitrogens is 2. The minimum absolute atomic E-state index is 0.117. The van der Waals surface area contributed by atoms with Crippen LogP contribution in [0.3, 0.4) is 0 Å². The fraction of sp³-hybridized carbons (Fsp3) is 0.500. The van der Waals surface area contributed by atoms with Gasteiger partial charge in [-0.15, -0.1) is 0 Å². The van der Waals surface area contributed by atoms with E-state index in [2.05, 4.69) is 21.2 Å². The molecule has 0 aliphatic heterocycles. The summed E-state index contributed by atoms with van der Waals surface area (Å²) >= 11 is 0. The van der Waals surface area contributed by atoms with Gasteiger partial charge in [0.2, 0.25) is 0 Å². The van der Waals surface area contributed by atoms with Gasteiger partial charge in [-0.25, -0.2) is 9.52 Å². The average molecular weight is 446 g/mol.